The van der Waals surface area contributed by atoms with E-state index in [2.05, 4.69) is 51.9 Å². The summed E-state index contributed by atoms with van der Waals surface area (Å²) in [7, 11) is 0. The van der Waals surface area contributed by atoms with Gasteiger partial charge in [-0.05, 0) is 52.7 Å². The Hall–Kier alpha value is -3.26. The molecule has 1 aromatic heterocycles. The predicted octanol–water partition coefficient (Wildman–Crippen LogP) is 2.69. The smallest absolute Gasteiger partial charge is 0.262 e. The summed E-state index contributed by atoms with van der Waals surface area (Å²) in [4.78, 5) is 16.4. The zero-order valence-corrected chi connectivity index (χ0v) is 20.8. The van der Waals surface area contributed by atoms with Gasteiger partial charge in [0.2, 0.25) is 0 Å². The highest BCUT2D eigenvalue weighted by Gasteiger charge is 2.13. The van der Waals surface area contributed by atoms with Gasteiger partial charge >= 0.3 is 0 Å². The maximum atomic E-state index is 12.2. The number of aliphatic hydroxyl groups is 2. The molecule has 1 amide bonds. The second-order valence-electron chi connectivity index (χ2n) is 8.58. The summed E-state index contributed by atoms with van der Waals surface area (Å²) in [5.41, 5.74) is 2.11. The molecule has 1 aliphatic rings. The van der Waals surface area contributed by atoms with Crippen molar-refractivity contribution in [3.63, 3.8) is 0 Å². The van der Waals surface area contributed by atoms with Crippen molar-refractivity contribution < 1.29 is 19.7 Å². The molecule has 0 saturated carbocycles. The van der Waals surface area contributed by atoms with E-state index < -0.39 is 18.6 Å². The lowest BCUT2D eigenvalue weighted by atomic mass is 10.1. The molecule has 2 heterocycles. The van der Waals surface area contributed by atoms with Crippen LogP contribution in [0.3, 0.4) is 0 Å². The number of nitrogens with zero attached hydrogens (tertiary/aromatic N) is 2. The van der Waals surface area contributed by atoms with Gasteiger partial charge in [0.05, 0.1) is 25.9 Å². The Labute approximate surface area is 214 Å². The molecule has 4 N–H and O–H groups in total. The molecule has 0 aliphatic carbocycles. The Bertz CT molecular complexity index is 1260. The molecular weight excluding hydrogens is 476 g/mol. The van der Waals surface area contributed by atoms with E-state index in [9.17, 15) is 15.2 Å². The van der Waals surface area contributed by atoms with Crippen molar-refractivity contribution in [3.05, 3.63) is 59.0 Å². The molecule has 0 bridgehead atoms. The Morgan fingerprint density at radius 2 is 1.94 bits per heavy atom. The third kappa shape index (κ3) is 6.91. The largest absolute Gasteiger partial charge is 0.394 e. The maximum absolute atomic E-state index is 12.2. The molecule has 1 unspecified atom stereocenters. The van der Waals surface area contributed by atoms with Gasteiger partial charge in [-0.1, -0.05) is 18.2 Å². The van der Waals surface area contributed by atoms with Crippen LogP contribution in [0.15, 0.2) is 54.1 Å². The number of hydrogen-bond acceptors (Lipinski definition) is 8. The second kappa shape index (κ2) is 12.6. The molecule has 188 valence electrons. The fourth-order valence-corrected chi connectivity index (χ4v) is 4.89. The number of nitriles is 1. The van der Waals surface area contributed by atoms with Crippen LogP contribution in [0.4, 0.5) is 5.69 Å². The first-order valence-corrected chi connectivity index (χ1v) is 12.7. The lowest BCUT2D eigenvalue weighted by Gasteiger charge is -2.26. The number of thiophene rings is 1. The van der Waals surface area contributed by atoms with Gasteiger partial charge in [0.25, 0.3) is 5.91 Å². The van der Waals surface area contributed by atoms with Crippen molar-refractivity contribution in [1.29, 1.82) is 5.26 Å². The summed E-state index contributed by atoms with van der Waals surface area (Å²) in [6, 6.07) is 18.4. The molecular formula is C27H30N4O4S. The number of ether oxygens (including phenoxy) is 1. The van der Waals surface area contributed by atoms with E-state index in [1.54, 1.807) is 0 Å². The molecule has 36 heavy (non-hydrogen) atoms. The van der Waals surface area contributed by atoms with Crippen LogP contribution in [-0.4, -0.2) is 79.7 Å². The average molecular weight is 507 g/mol. The standard InChI is InChI=1S/C27H30N4O4S/c28-16-22(27(34)30-17-24(33)18-32)15-25-5-6-26(36-25)21-2-1-20-14-23(4-3-19(20)13-21)29-7-8-31-9-11-35-12-10-31/h1-6,13-15,24,29,32-33H,7-12,17-18H2,(H,30,34). The van der Waals surface area contributed by atoms with Gasteiger partial charge in [-0.3, -0.25) is 9.69 Å². The molecule has 1 saturated heterocycles. The van der Waals surface area contributed by atoms with Crippen LogP contribution < -0.4 is 10.6 Å². The average Bonchev–Trinajstić information content (AvgIpc) is 3.39. The lowest BCUT2D eigenvalue weighted by Crippen LogP contribution is -2.38. The molecule has 8 nitrogen and oxygen atoms in total. The van der Waals surface area contributed by atoms with Crippen LogP contribution >= 0.6 is 11.3 Å². The van der Waals surface area contributed by atoms with Crippen LogP contribution in [0.2, 0.25) is 0 Å². The normalized spacial score (nSPS) is 15.4. The van der Waals surface area contributed by atoms with E-state index in [4.69, 9.17) is 9.84 Å². The molecule has 4 rings (SSSR count). The van der Waals surface area contributed by atoms with Gasteiger partial charge in [0.15, 0.2) is 0 Å². The van der Waals surface area contributed by atoms with E-state index >= 15 is 0 Å². The summed E-state index contributed by atoms with van der Waals surface area (Å²) >= 11 is 1.49. The third-order valence-electron chi connectivity index (χ3n) is 5.97. The molecule has 9 heteroatoms. The Morgan fingerprint density at radius 3 is 2.72 bits per heavy atom. The summed E-state index contributed by atoms with van der Waals surface area (Å²) in [5.74, 6) is -0.583. The van der Waals surface area contributed by atoms with Crippen molar-refractivity contribution in [2.24, 2.45) is 0 Å². The highest BCUT2D eigenvalue weighted by molar-refractivity contribution is 7.16. The fraction of sp³-hybridized carbons (Fsp3) is 0.333. The molecule has 3 aromatic rings. The minimum absolute atomic E-state index is 0.0549. The van der Waals surface area contributed by atoms with Gasteiger partial charge in [-0.15, -0.1) is 11.3 Å². The fourth-order valence-electron chi connectivity index (χ4n) is 3.94. The van der Waals surface area contributed by atoms with Gasteiger partial charge in [0, 0.05) is 48.2 Å². The summed E-state index contributed by atoms with van der Waals surface area (Å²) in [6.45, 7) is 4.90. The van der Waals surface area contributed by atoms with Gasteiger partial charge < -0.3 is 25.6 Å². The number of nitrogens with one attached hydrogen (secondary N) is 2. The number of benzene rings is 2. The SMILES string of the molecule is N#CC(=Cc1ccc(-c2ccc3cc(NCCN4CCOCC4)ccc3c2)s1)C(=O)NCC(O)CO. The zero-order chi connectivity index (χ0) is 25.3. The minimum atomic E-state index is -1.06. The molecule has 1 fully saturated rings. The van der Waals surface area contributed by atoms with Crippen molar-refractivity contribution in [2.75, 3.05) is 57.9 Å². The molecule has 0 spiro atoms. The molecule has 1 aliphatic heterocycles. The number of fused-ring (bicyclic) bond motifs is 1. The van der Waals surface area contributed by atoms with Crippen LogP contribution in [-0.2, 0) is 9.53 Å². The van der Waals surface area contributed by atoms with Crippen molar-refractivity contribution in [2.45, 2.75) is 6.10 Å². The van der Waals surface area contributed by atoms with Gasteiger partial charge in [-0.25, -0.2) is 0 Å². The third-order valence-corrected chi connectivity index (χ3v) is 7.05. The molecule has 2 aromatic carbocycles. The van der Waals surface area contributed by atoms with E-state index in [1.165, 1.54) is 17.4 Å². The van der Waals surface area contributed by atoms with Gasteiger partial charge in [0.1, 0.15) is 11.6 Å². The van der Waals surface area contributed by atoms with E-state index in [1.807, 2.05) is 18.2 Å². The highest BCUT2D eigenvalue weighted by atomic mass is 32.1. The highest BCUT2D eigenvalue weighted by Crippen LogP contribution is 2.32. The van der Waals surface area contributed by atoms with Gasteiger partial charge in [-0.2, -0.15) is 5.26 Å². The number of carbonyl (C=O) groups excluding carboxylic acids is 1. The monoisotopic (exact) mass is 506 g/mol. The number of morpholine rings is 1. The zero-order valence-electron chi connectivity index (χ0n) is 19.9. The first-order chi connectivity index (χ1) is 17.6. The van der Waals surface area contributed by atoms with Crippen LogP contribution in [0.5, 0.6) is 0 Å². The molecule has 0 radical (unpaired) electrons. The number of carbonyl (C=O) groups is 1. The number of amides is 1. The Kier molecular flexibility index (Phi) is 9.06. The first-order valence-electron chi connectivity index (χ1n) is 11.9. The summed E-state index contributed by atoms with van der Waals surface area (Å²) in [6.07, 6.45) is 0.474. The van der Waals surface area contributed by atoms with E-state index in [0.717, 1.165) is 71.2 Å². The van der Waals surface area contributed by atoms with Crippen molar-refractivity contribution in [1.82, 2.24) is 10.2 Å². The Balaban J connectivity index is 1.40. The molecule has 1 atom stereocenters. The van der Waals surface area contributed by atoms with Crippen molar-refractivity contribution in [3.8, 4) is 16.5 Å². The lowest BCUT2D eigenvalue weighted by molar-refractivity contribution is -0.117. The van der Waals surface area contributed by atoms with Crippen LogP contribution in [0.25, 0.3) is 27.3 Å². The maximum Gasteiger partial charge on any atom is 0.262 e. The predicted molar refractivity (Wildman–Crippen MR) is 143 cm³/mol. The Morgan fingerprint density at radius 1 is 1.17 bits per heavy atom. The second-order valence-corrected chi connectivity index (χ2v) is 9.69. The number of aliphatic hydroxyl groups excluding tert-OH is 2. The van der Waals surface area contributed by atoms with Crippen molar-refractivity contribution >= 4 is 39.8 Å². The first kappa shape index (κ1) is 25.8. The topological polar surface area (TPSA) is 118 Å². The minimum Gasteiger partial charge on any atom is -0.394 e. The number of anilines is 1. The summed E-state index contributed by atoms with van der Waals surface area (Å²) in [5, 5.41) is 35.9. The van der Waals surface area contributed by atoms with Crippen LogP contribution in [0, 0.1) is 11.3 Å². The number of rotatable bonds is 10. The quantitative estimate of drug-likeness (QED) is 0.247. The van der Waals surface area contributed by atoms with E-state index in [-0.39, 0.29) is 12.1 Å². The van der Waals surface area contributed by atoms with Crippen LogP contribution in [0.1, 0.15) is 4.88 Å². The van der Waals surface area contributed by atoms with E-state index in [0.29, 0.717) is 0 Å². The summed E-state index contributed by atoms with van der Waals surface area (Å²) < 4.78 is 5.40. The number of hydrogen-bond donors (Lipinski definition) is 4.